The van der Waals surface area contributed by atoms with E-state index >= 15 is 0 Å². The van der Waals surface area contributed by atoms with Crippen LogP contribution in [0, 0.1) is 11.3 Å². The number of benzene rings is 2. The molecule has 32 heavy (non-hydrogen) atoms. The summed E-state index contributed by atoms with van der Waals surface area (Å²) in [4.78, 5) is 15.6. The van der Waals surface area contributed by atoms with E-state index in [1.54, 1.807) is 12.1 Å². The van der Waals surface area contributed by atoms with Gasteiger partial charge in [-0.25, -0.2) is 4.79 Å². The van der Waals surface area contributed by atoms with Gasteiger partial charge in [0, 0.05) is 17.2 Å². The maximum atomic E-state index is 12.8. The van der Waals surface area contributed by atoms with E-state index in [0.717, 1.165) is 12.1 Å². The fourth-order valence-corrected chi connectivity index (χ4v) is 3.15. The van der Waals surface area contributed by atoms with Crippen LogP contribution in [0.15, 0.2) is 60.8 Å². The van der Waals surface area contributed by atoms with E-state index in [9.17, 15) is 28.3 Å². The largest absolute Gasteiger partial charge is 0.491 e. The lowest BCUT2D eigenvalue weighted by Gasteiger charge is -2.26. The van der Waals surface area contributed by atoms with Gasteiger partial charge < -0.3 is 9.84 Å². The van der Waals surface area contributed by atoms with Crippen LogP contribution in [0.5, 0.6) is 5.75 Å². The predicted octanol–water partition coefficient (Wildman–Crippen LogP) is 5.69. The van der Waals surface area contributed by atoms with Crippen LogP contribution in [0.2, 0.25) is 0 Å². The average molecular weight is 440 g/mol. The van der Waals surface area contributed by atoms with Crippen LogP contribution in [0.25, 0.3) is 11.3 Å². The predicted molar refractivity (Wildman–Crippen MR) is 111 cm³/mol. The topological polar surface area (TPSA) is 83.2 Å². The summed E-state index contributed by atoms with van der Waals surface area (Å²) in [5.41, 5.74) is 0.173. The molecule has 164 valence electrons. The van der Waals surface area contributed by atoms with Crippen molar-refractivity contribution in [2.45, 2.75) is 25.4 Å². The van der Waals surface area contributed by atoms with Crippen molar-refractivity contribution in [2.24, 2.45) is 0 Å². The molecule has 0 saturated carbocycles. The molecule has 0 bridgehead atoms. The molecule has 0 atom stereocenters. The molecule has 1 N–H and O–H groups in total. The number of aromatic carboxylic acids is 1. The second-order valence-electron chi connectivity index (χ2n) is 7.78. The fraction of sp³-hybridized carbons (Fsp3) is 0.208. The Balaban J connectivity index is 1.82. The molecular weight excluding hydrogens is 421 g/mol. The Morgan fingerprint density at radius 1 is 1.09 bits per heavy atom. The first kappa shape index (κ1) is 22.8. The summed E-state index contributed by atoms with van der Waals surface area (Å²) >= 11 is 0. The Labute approximate surface area is 182 Å². The number of hydrogen-bond donors (Lipinski definition) is 1. The SMILES string of the molecule is CC(C)(COc1ccc(-c2ncccc2C(=O)O)cc1C#N)c1ccc(C(F)(F)F)cc1. The van der Waals surface area contributed by atoms with E-state index in [1.807, 2.05) is 19.9 Å². The van der Waals surface area contributed by atoms with Crippen LogP contribution in [-0.4, -0.2) is 22.7 Å². The zero-order valence-electron chi connectivity index (χ0n) is 17.3. The molecule has 0 saturated heterocycles. The number of ether oxygens (including phenoxy) is 1. The van der Waals surface area contributed by atoms with E-state index in [1.165, 1.54) is 36.5 Å². The lowest BCUT2D eigenvalue weighted by atomic mass is 9.85. The Bertz CT molecular complexity index is 1180. The summed E-state index contributed by atoms with van der Waals surface area (Å²) in [6.45, 7) is 3.75. The second-order valence-corrected chi connectivity index (χ2v) is 7.78. The smallest absolute Gasteiger partial charge is 0.416 e. The van der Waals surface area contributed by atoms with Crippen molar-refractivity contribution in [2.75, 3.05) is 6.61 Å². The molecule has 0 aliphatic heterocycles. The summed E-state index contributed by atoms with van der Waals surface area (Å²) in [7, 11) is 0. The number of nitriles is 1. The second kappa shape index (κ2) is 8.71. The van der Waals surface area contributed by atoms with E-state index in [0.29, 0.717) is 11.1 Å². The highest BCUT2D eigenvalue weighted by molar-refractivity contribution is 5.94. The summed E-state index contributed by atoms with van der Waals surface area (Å²) in [5.74, 6) is -0.853. The van der Waals surface area contributed by atoms with Crippen molar-refractivity contribution < 1.29 is 27.8 Å². The van der Waals surface area contributed by atoms with Gasteiger partial charge in [0.1, 0.15) is 11.8 Å². The quantitative estimate of drug-likeness (QED) is 0.532. The Morgan fingerprint density at radius 2 is 1.75 bits per heavy atom. The van der Waals surface area contributed by atoms with Gasteiger partial charge >= 0.3 is 12.1 Å². The zero-order chi connectivity index (χ0) is 23.5. The van der Waals surface area contributed by atoms with Gasteiger partial charge in [-0.1, -0.05) is 26.0 Å². The maximum absolute atomic E-state index is 12.8. The van der Waals surface area contributed by atoms with Crippen molar-refractivity contribution in [3.8, 4) is 23.1 Å². The van der Waals surface area contributed by atoms with Crippen molar-refractivity contribution in [1.82, 2.24) is 4.98 Å². The molecule has 1 heterocycles. The summed E-state index contributed by atoms with van der Waals surface area (Å²) in [6, 6.07) is 14.5. The fourth-order valence-electron chi connectivity index (χ4n) is 3.15. The number of aromatic nitrogens is 1. The summed E-state index contributed by atoms with van der Waals surface area (Å²) in [6.07, 6.45) is -2.94. The highest BCUT2D eigenvalue weighted by atomic mass is 19.4. The van der Waals surface area contributed by atoms with Crippen LogP contribution in [0.4, 0.5) is 13.2 Å². The standard InChI is InChI=1S/C24H19F3N2O3/c1-23(2,17-6-8-18(9-7-17)24(25,26)27)14-32-20-10-5-15(12-16(20)13-28)21-19(22(30)31)4-3-11-29-21/h3-12H,14H2,1-2H3,(H,30,31). The van der Waals surface area contributed by atoms with Gasteiger partial charge in [-0.15, -0.1) is 0 Å². The molecule has 1 aromatic heterocycles. The molecule has 5 nitrogen and oxygen atoms in total. The maximum Gasteiger partial charge on any atom is 0.416 e. The van der Waals surface area contributed by atoms with Crippen molar-refractivity contribution >= 4 is 5.97 Å². The molecule has 0 radical (unpaired) electrons. The Hall–Kier alpha value is -3.86. The molecule has 0 aliphatic rings. The molecule has 0 aliphatic carbocycles. The first-order valence-corrected chi connectivity index (χ1v) is 9.56. The van der Waals surface area contributed by atoms with Crippen LogP contribution >= 0.6 is 0 Å². The average Bonchev–Trinajstić information content (AvgIpc) is 2.77. The summed E-state index contributed by atoms with van der Waals surface area (Å²) in [5, 5.41) is 18.9. The molecule has 0 fully saturated rings. The van der Waals surface area contributed by atoms with Gasteiger partial charge in [-0.2, -0.15) is 18.4 Å². The third-order valence-corrected chi connectivity index (χ3v) is 4.99. The van der Waals surface area contributed by atoms with Crippen LogP contribution in [0.1, 0.15) is 40.9 Å². The van der Waals surface area contributed by atoms with Crippen molar-refractivity contribution in [3.05, 3.63) is 83.0 Å². The number of hydrogen-bond acceptors (Lipinski definition) is 4. The Kier molecular flexibility index (Phi) is 6.21. The number of carboxylic acids is 1. The normalized spacial score (nSPS) is 11.6. The molecule has 0 amide bonds. The number of carboxylic acid groups (broad SMARTS) is 1. The highest BCUT2D eigenvalue weighted by Crippen LogP contribution is 2.33. The van der Waals surface area contributed by atoms with Crippen molar-refractivity contribution in [1.29, 1.82) is 5.26 Å². The van der Waals surface area contributed by atoms with Gasteiger partial charge in [0.25, 0.3) is 0 Å². The van der Waals surface area contributed by atoms with Crippen LogP contribution in [-0.2, 0) is 11.6 Å². The Morgan fingerprint density at radius 3 is 2.34 bits per heavy atom. The third-order valence-electron chi connectivity index (χ3n) is 4.99. The summed E-state index contributed by atoms with van der Waals surface area (Å²) < 4.78 is 44.2. The van der Waals surface area contributed by atoms with Gasteiger partial charge in [0.2, 0.25) is 0 Å². The van der Waals surface area contributed by atoms with Gasteiger partial charge in [0.15, 0.2) is 0 Å². The van der Waals surface area contributed by atoms with E-state index in [2.05, 4.69) is 4.98 Å². The minimum absolute atomic E-state index is 0.00787. The van der Waals surface area contributed by atoms with Crippen LogP contribution < -0.4 is 4.74 Å². The zero-order valence-corrected chi connectivity index (χ0v) is 17.3. The molecule has 3 rings (SSSR count). The minimum Gasteiger partial charge on any atom is -0.491 e. The van der Waals surface area contributed by atoms with Crippen LogP contribution in [0.3, 0.4) is 0 Å². The number of pyridine rings is 1. The van der Waals surface area contributed by atoms with Gasteiger partial charge in [-0.05, 0) is 48.0 Å². The lowest BCUT2D eigenvalue weighted by molar-refractivity contribution is -0.137. The van der Waals surface area contributed by atoms with E-state index < -0.39 is 23.1 Å². The molecular formula is C24H19F3N2O3. The number of alkyl halides is 3. The molecule has 2 aromatic carbocycles. The lowest BCUT2D eigenvalue weighted by Crippen LogP contribution is -2.26. The number of nitrogens with zero attached hydrogens (tertiary/aromatic N) is 2. The van der Waals surface area contributed by atoms with E-state index in [4.69, 9.17) is 4.74 Å². The highest BCUT2D eigenvalue weighted by Gasteiger charge is 2.31. The number of carbonyl (C=O) groups is 1. The van der Waals surface area contributed by atoms with E-state index in [-0.39, 0.29) is 29.2 Å². The third kappa shape index (κ3) is 4.89. The van der Waals surface area contributed by atoms with Crippen molar-refractivity contribution in [3.63, 3.8) is 0 Å². The number of halogens is 3. The number of rotatable bonds is 6. The van der Waals surface area contributed by atoms with Gasteiger partial charge in [-0.3, -0.25) is 4.98 Å². The monoisotopic (exact) mass is 440 g/mol. The molecule has 8 heteroatoms. The first-order valence-electron chi connectivity index (χ1n) is 9.56. The molecule has 3 aromatic rings. The van der Waals surface area contributed by atoms with Gasteiger partial charge in [0.05, 0.1) is 29.0 Å². The first-order chi connectivity index (χ1) is 15.0. The molecule has 0 spiro atoms. The minimum atomic E-state index is -4.41. The molecule has 0 unspecified atom stereocenters.